The summed E-state index contributed by atoms with van der Waals surface area (Å²) in [6.07, 6.45) is 8.17. The molecule has 1 rings (SSSR count). The number of hydrogen-bond acceptors (Lipinski definition) is 1. The standard InChI is InChI=1S/C16H26BrN.ClH/c1-3-4-5-6-7-8-13-18-14(2)15-9-11-16(17)12-10-15;/h9-12,14,18H,3-8,13H2,1-2H3;1H. The van der Waals surface area contributed by atoms with Crippen molar-refractivity contribution < 1.29 is 0 Å². The van der Waals surface area contributed by atoms with Crippen molar-refractivity contribution in [3.8, 4) is 0 Å². The Kier molecular flexibility index (Phi) is 11.7. The molecule has 1 aromatic rings. The van der Waals surface area contributed by atoms with E-state index >= 15 is 0 Å². The molecule has 3 heteroatoms. The summed E-state index contributed by atoms with van der Waals surface area (Å²) in [5, 5.41) is 3.59. The summed E-state index contributed by atoms with van der Waals surface area (Å²) < 4.78 is 1.15. The minimum absolute atomic E-state index is 0. The minimum Gasteiger partial charge on any atom is -0.310 e. The summed E-state index contributed by atoms with van der Waals surface area (Å²) >= 11 is 3.47. The topological polar surface area (TPSA) is 12.0 Å². The van der Waals surface area contributed by atoms with Crippen molar-refractivity contribution in [1.29, 1.82) is 0 Å². The first-order valence-corrected chi connectivity index (χ1v) is 8.02. The monoisotopic (exact) mass is 347 g/mol. The Morgan fingerprint density at radius 3 is 2.21 bits per heavy atom. The van der Waals surface area contributed by atoms with Crippen LogP contribution in [0.15, 0.2) is 28.7 Å². The molecule has 1 unspecified atom stereocenters. The van der Waals surface area contributed by atoms with E-state index in [0.717, 1.165) is 11.0 Å². The molecule has 1 atom stereocenters. The zero-order chi connectivity index (χ0) is 13.2. The summed E-state index contributed by atoms with van der Waals surface area (Å²) in [5.41, 5.74) is 1.36. The van der Waals surface area contributed by atoms with Crippen molar-refractivity contribution in [1.82, 2.24) is 5.32 Å². The number of hydrogen-bond donors (Lipinski definition) is 1. The molecule has 0 fully saturated rings. The van der Waals surface area contributed by atoms with Crippen LogP contribution in [-0.4, -0.2) is 6.54 Å². The van der Waals surface area contributed by atoms with Gasteiger partial charge in [0.2, 0.25) is 0 Å². The summed E-state index contributed by atoms with van der Waals surface area (Å²) in [6.45, 7) is 5.63. The first kappa shape index (κ1) is 18.9. The highest BCUT2D eigenvalue weighted by Crippen LogP contribution is 2.16. The number of halogens is 2. The van der Waals surface area contributed by atoms with Gasteiger partial charge in [0.1, 0.15) is 0 Å². The van der Waals surface area contributed by atoms with Crippen molar-refractivity contribution >= 4 is 28.3 Å². The van der Waals surface area contributed by atoms with E-state index < -0.39 is 0 Å². The van der Waals surface area contributed by atoms with Gasteiger partial charge in [-0.1, -0.05) is 67.1 Å². The van der Waals surface area contributed by atoms with Crippen LogP contribution >= 0.6 is 28.3 Å². The van der Waals surface area contributed by atoms with E-state index in [-0.39, 0.29) is 12.4 Å². The second-order valence-electron chi connectivity index (χ2n) is 5.00. The first-order chi connectivity index (χ1) is 8.74. The van der Waals surface area contributed by atoms with Crippen LogP contribution in [0.5, 0.6) is 0 Å². The average molecular weight is 349 g/mol. The Morgan fingerprint density at radius 1 is 1.00 bits per heavy atom. The molecular formula is C16H27BrClN. The third kappa shape index (κ3) is 8.67. The molecule has 0 spiro atoms. The van der Waals surface area contributed by atoms with Crippen molar-refractivity contribution in [2.75, 3.05) is 6.54 Å². The van der Waals surface area contributed by atoms with Crippen LogP contribution in [-0.2, 0) is 0 Å². The predicted molar refractivity (Wildman–Crippen MR) is 91.2 cm³/mol. The molecule has 0 heterocycles. The zero-order valence-electron chi connectivity index (χ0n) is 12.1. The van der Waals surface area contributed by atoms with E-state index in [2.05, 4.69) is 59.4 Å². The highest BCUT2D eigenvalue weighted by Gasteiger charge is 2.03. The van der Waals surface area contributed by atoms with Gasteiger partial charge in [0.05, 0.1) is 0 Å². The van der Waals surface area contributed by atoms with Gasteiger partial charge in [-0.15, -0.1) is 12.4 Å². The number of nitrogens with one attached hydrogen (secondary N) is 1. The van der Waals surface area contributed by atoms with Crippen LogP contribution in [0.4, 0.5) is 0 Å². The lowest BCUT2D eigenvalue weighted by atomic mass is 10.1. The van der Waals surface area contributed by atoms with Crippen LogP contribution < -0.4 is 5.32 Å². The Morgan fingerprint density at radius 2 is 1.58 bits per heavy atom. The van der Waals surface area contributed by atoms with Crippen LogP contribution in [0.25, 0.3) is 0 Å². The van der Waals surface area contributed by atoms with Gasteiger partial charge in [-0.3, -0.25) is 0 Å². The molecule has 0 radical (unpaired) electrons. The van der Waals surface area contributed by atoms with E-state index in [9.17, 15) is 0 Å². The largest absolute Gasteiger partial charge is 0.310 e. The maximum absolute atomic E-state index is 3.59. The normalized spacial score (nSPS) is 11.9. The van der Waals surface area contributed by atoms with E-state index in [1.54, 1.807) is 0 Å². The maximum atomic E-state index is 3.59. The molecule has 0 aromatic heterocycles. The fraction of sp³-hybridized carbons (Fsp3) is 0.625. The molecule has 0 aliphatic heterocycles. The van der Waals surface area contributed by atoms with Gasteiger partial charge in [0, 0.05) is 10.5 Å². The Labute approximate surface area is 133 Å². The molecule has 110 valence electrons. The fourth-order valence-electron chi connectivity index (χ4n) is 2.09. The minimum atomic E-state index is 0. The SMILES string of the molecule is CCCCCCCCNC(C)c1ccc(Br)cc1.Cl. The summed E-state index contributed by atoms with van der Waals surface area (Å²) in [7, 11) is 0. The van der Waals surface area contributed by atoms with Gasteiger partial charge in [0.15, 0.2) is 0 Å². The maximum Gasteiger partial charge on any atom is 0.0291 e. The van der Waals surface area contributed by atoms with Crippen LogP contribution in [0.2, 0.25) is 0 Å². The molecule has 0 amide bonds. The molecule has 0 aliphatic rings. The second-order valence-corrected chi connectivity index (χ2v) is 5.91. The summed E-state index contributed by atoms with van der Waals surface area (Å²) in [6, 6.07) is 9.04. The molecule has 0 aliphatic carbocycles. The van der Waals surface area contributed by atoms with E-state index in [1.165, 1.54) is 44.1 Å². The van der Waals surface area contributed by atoms with Gasteiger partial charge in [-0.2, -0.15) is 0 Å². The zero-order valence-corrected chi connectivity index (χ0v) is 14.5. The molecule has 1 N–H and O–H groups in total. The smallest absolute Gasteiger partial charge is 0.0291 e. The Hall–Kier alpha value is -0.0500. The van der Waals surface area contributed by atoms with Crippen LogP contribution in [0, 0.1) is 0 Å². The third-order valence-electron chi connectivity index (χ3n) is 3.35. The molecular weight excluding hydrogens is 322 g/mol. The quantitative estimate of drug-likeness (QED) is 0.549. The fourth-order valence-corrected chi connectivity index (χ4v) is 2.36. The van der Waals surface area contributed by atoms with E-state index in [0.29, 0.717) is 6.04 Å². The lowest BCUT2D eigenvalue weighted by molar-refractivity contribution is 0.527. The van der Waals surface area contributed by atoms with E-state index in [4.69, 9.17) is 0 Å². The molecule has 19 heavy (non-hydrogen) atoms. The number of benzene rings is 1. The van der Waals surface area contributed by atoms with Gasteiger partial charge < -0.3 is 5.32 Å². The van der Waals surface area contributed by atoms with Crippen molar-refractivity contribution in [2.24, 2.45) is 0 Å². The van der Waals surface area contributed by atoms with Crippen LogP contribution in [0.1, 0.15) is 64.0 Å². The van der Waals surface area contributed by atoms with Gasteiger partial charge in [0.25, 0.3) is 0 Å². The second kappa shape index (κ2) is 11.7. The third-order valence-corrected chi connectivity index (χ3v) is 3.88. The lowest BCUT2D eigenvalue weighted by Gasteiger charge is -2.14. The molecule has 0 saturated carbocycles. The Balaban J connectivity index is 0.00000324. The number of rotatable bonds is 9. The van der Waals surface area contributed by atoms with Crippen molar-refractivity contribution in [3.05, 3.63) is 34.3 Å². The summed E-state index contributed by atoms with van der Waals surface area (Å²) in [5.74, 6) is 0. The molecule has 1 nitrogen and oxygen atoms in total. The highest BCUT2D eigenvalue weighted by molar-refractivity contribution is 9.10. The summed E-state index contributed by atoms with van der Waals surface area (Å²) in [4.78, 5) is 0. The van der Waals surface area contributed by atoms with Gasteiger partial charge in [-0.25, -0.2) is 0 Å². The van der Waals surface area contributed by atoms with Gasteiger partial charge in [-0.05, 0) is 37.6 Å². The van der Waals surface area contributed by atoms with Gasteiger partial charge >= 0.3 is 0 Å². The number of unbranched alkanes of at least 4 members (excludes halogenated alkanes) is 5. The predicted octanol–water partition coefficient (Wildman–Crippen LogP) is 5.88. The van der Waals surface area contributed by atoms with E-state index in [1.807, 2.05) is 0 Å². The molecule has 0 saturated heterocycles. The lowest BCUT2D eigenvalue weighted by Crippen LogP contribution is -2.19. The van der Waals surface area contributed by atoms with Crippen molar-refractivity contribution in [2.45, 2.75) is 58.4 Å². The molecule has 1 aromatic carbocycles. The first-order valence-electron chi connectivity index (χ1n) is 7.23. The van der Waals surface area contributed by atoms with Crippen LogP contribution in [0.3, 0.4) is 0 Å². The Bertz CT molecular complexity index is 313. The average Bonchev–Trinajstić information content (AvgIpc) is 2.38. The molecule has 0 bridgehead atoms. The van der Waals surface area contributed by atoms with Crippen molar-refractivity contribution in [3.63, 3.8) is 0 Å². The highest BCUT2D eigenvalue weighted by atomic mass is 79.9.